The van der Waals surface area contributed by atoms with Gasteiger partial charge in [0, 0.05) is 6.92 Å². The number of primary sulfonamides is 1. The summed E-state index contributed by atoms with van der Waals surface area (Å²) in [7, 11) is -4.21. The maximum Gasteiger partial charge on any atom is 0.303 e. The van der Waals surface area contributed by atoms with E-state index in [0.717, 1.165) is 13.0 Å². The molecule has 0 saturated heterocycles. The number of sulfonamides is 1. The van der Waals surface area contributed by atoms with E-state index in [0.29, 0.717) is 0 Å². The Morgan fingerprint density at radius 1 is 1.59 bits per heavy atom. The van der Waals surface area contributed by atoms with Crippen molar-refractivity contribution in [2.75, 3.05) is 6.67 Å². The number of carbonyl (C=O) groups is 1. The van der Waals surface area contributed by atoms with Crippen LogP contribution in [0, 0.1) is 0 Å². The molecular formula is C9H13FN2O4S. The van der Waals surface area contributed by atoms with Gasteiger partial charge in [-0.15, -0.1) is 0 Å². The Labute approximate surface area is 98.4 Å². The third kappa shape index (κ3) is 2.64. The lowest BCUT2D eigenvalue weighted by molar-refractivity contribution is -0.148. The lowest BCUT2D eigenvalue weighted by Gasteiger charge is -2.35. The van der Waals surface area contributed by atoms with Crippen LogP contribution in [-0.4, -0.2) is 32.0 Å². The third-order valence-electron chi connectivity index (χ3n) is 2.26. The maximum atomic E-state index is 12.9. The number of nitrogens with one attached hydrogen (secondary N) is 1. The van der Waals surface area contributed by atoms with E-state index in [1.54, 1.807) is 0 Å². The highest BCUT2D eigenvalue weighted by Crippen LogP contribution is 2.24. The quantitative estimate of drug-likeness (QED) is 0.670. The van der Waals surface area contributed by atoms with Crippen LogP contribution in [0.1, 0.15) is 6.92 Å². The first-order valence-corrected chi connectivity index (χ1v) is 6.25. The molecule has 0 amide bonds. The number of rotatable bonds is 4. The fraction of sp³-hybridized carbons (Fsp3) is 0.444. The number of halogens is 1. The predicted octanol–water partition coefficient (Wildman–Crippen LogP) is -0.454. The first-order valence-electron chi connectivity index (χ1n) is 4.71. The molecule has 0 aromatic carbocycles. The van der Waals surface area contributed by atoms with E-state index in [1.165, 1.54) is 18.4 Å². The molecule has 8 heteroatoms. The summed E-state index contributed by atoms with van der Waals surface area (Å²) in [4.78, 5) is 8.86. The molecule has 0 radical (unpaired) electrons. The van der Waals surface area contributed by atoms with Gasteiger partial charge in [-0.25, -0.2) is 17.9 Å². The number of alkyl halides is 1. The molecule has 0 saturated carbocycles. The molecule has 0 aromatic rings. The SMILES string of the molecule is CC(=O)OC(CF)C1(S(N)(=O)=O)C=CC=CN1. The molecule has 17 heavy (non-hydrogen) atoms. The molecule has 2 atom stereocenters. The lowest BCUT2D eigenvalue weighted by atomic mass is 10.1. The fourth-order valence-corrected chi connectivity index (χ4v) is 2.45. The maximum absolute atomic E-state index is 12.9. The second-order valence-electron chi connectivity index (χ2n) is 3.45. The van der Waals surface area contributed by atoms with E-state index in [2.05, 4.69) is 10.1 Å². The third-order valence-corrected chi connectivity index (χ3v) is 3.72. The zero-order valence-corrected chi connectivity index (χ0v) is 9.91. The van der Waals surface area contributed by atoms with Gasteiger partial charge in [0.1, 0.15) is 6.67 Å². The molecule has 1 rings (SSSR count). The van der Waals surface area contributed by atoms with Gasteiger partial charge in [-0.2, -0.15) is 0 Å². The molecular weight excluding hydrogens is 251 g/mol. The van der Waals surface area contributed by atoms with Crippen LogP contribution in [0.3, 0.4) is 0 Å². The summed E-state index contributed by atoms with van der Waals surface area (Å²) < 4.78 is 40.7. The number of esters is 1. The van der Waals surface area contributed by atoms with Crippen molar-refractivity contribution in [3.05, 3.63) is 24.4 Å². The molecule has 0 spiro atoms. The number of allylic oxidation sites excluding steroid dienone is 2. The summed E-state index contributed by atoms with van der Waals surface area (Å²) in [5.41, 5.74) is 0. The molecule has 0 aromatic heterocycles. The standard InChI is InChI=1S/C9H13FN2O4S/c1-7(13)16-8(6-10)9(17(11,14)15)4-2-3-5-12-9/h2-5,8,12H,6H2,1H3,(H2,11,14,15). The Hall–Kier alpha value is -1.41. The van der Waals surface area contributed by atoms with Crippen molar-refractivity contribution >= 4 is 16.0 Å². The fourth-order valence-electron chi connectivity index (χ4n) is 1.47. The van der Waals surface area contributed by atoms with Crippen LogP contribution in [0.25, 0.3) is 0 Å². The molecule has 3 N–H and O–H groups in total. The van der Waals surface area contributed by atoms with Crippen molar-refractivity contribution in [3.8, 4) is 0 Å². The summed E-state index contributed by atoms with van der Waals surface area (Å²) in [5, 5.41) is 7.50. The summed E-state index contributed by atoms with van der Waals surface area (Å²) >= 11 is 0. The molecule has 1 aliphatic rings. The molecule has 96 valence electrons. The van der Waals surface area contributed by atoms with E-state index in [9.17, 15) is 17.6 Å². The Morgan fingerprint density at radius 3 is 2.59 bits per heavy atom. The van der Waals surface area contributed by atoms with Crippen LogP contribution in [0.15, 0.2) is 24.4 Å². The van der Waals surface area contributed by atoms with Gasteiger partial charge in [0.2, 0.25) is 14.9 Å². The van der Waals surface area contributed by atoms with Gasteiger partial charge < -0.3 is 10.1 Å². The summed E-state index contributed by atoms with van der Waals surface area (Å²) in [6.45, 7) is -0.122. The van der Waals surface area contributed by atoms with Crippen LogP contribution < -0.4 is 10.5 Å². The van der Waals surface area contributed by atoms with Crippen LogP contribution in [-0.2, 0) is 19.6 Å². The van der Waals surface area contributed by atoms with Gasteiger partial charge in [0.15, 0.2) is 6.10 Å². The summed E-state index contributed by atoms with van der Waals surface area (Å²) in [6.07, 6.45) is 3.78. The highest BCUT2D eigenvalue weighted by Gasteiger charge is 2.49. The van der Waals surface area contributed by atoms with Gasteiger partial charge in [-0.1, -0.05) is 6.08 Å². The van der Waals surface area contributed by atoms with Gasteiger partial charge >= 0.3 is 5.97 Å². The zero-order valence-electron chi connectivity index (χ0n) is 9.09. The number of dihydropyridines is 1. The van der Waals surface area contributed by atoms with Crippen molar-refractivity contribution in [1.82, 2.24) is 5.32 Å². The van der Waals surface area contributed by atoms with Crippen molar-refractivity contribution in [1.29, 1.82) is 0 Å². The Kier molecular flexibility index (Phi) is 3.89. The minimum atomic E-state index is -4.21. The lowest BCUT2D eigenvalue weighted by Crippen LogP contribution is -2.61. The highest BCUT2D eigenvalue weighted by atomic mass is 32.2. The first-order chi connectivity index (χ1) is 7.83. The smallest absolute Gasteiger partial charge is 0.303 e. The molecule has 0 bridgehead atoms. The average Bonchev–Trinajstić information content (AvgIpc) is 2.25. The van der Waals surface area contributed by atoms with Crippen molar-refractivity contribution in [2.45, 2.75) is 17.9 Å². The number of hydrogen-bond acceptors (Lipinski definition) is 5. The number of hydrogen-bond donors (Lipinski definition) is 2. The second-order valence-corrected chi connectivity index (χ2v) is 5.22. The topological polar surface area (TPSA) is 98.5 Å². The molecule has 2 unspecified atom stereocenters. The van der Waals surface area contributed by atoms with Gasteiger partial charge in [-0.3, -0.25) is 4.79 Å². The highest BCUT2D eigenvalue weighted by molar-refractivity contribution is 7.90. The van der Waals surface area contributed by atoms with Gasteiger partial charge in [0.05, 0.1) is 0 Å². The number of carbonyl (C=O) groups excluding carboxylic acids is 1. The predicted molar refractivity (Wildman–Crippen MR) is 58.8 cm³/mol. The Morgan fingerprint density at radius 2 is 2.24 bits per heavy atom. The van der Waals surface area contributed by atoms with E-state index in [4.69, 9.17) is 5.14 Å². The monoisotopic (exact) mass is 264 g/mol. The molecule has 0 aliphatic carbocycles. The zero-order chi connectivity index (χ0) is 13.1. The van der Waals surface area contributed by atoms with Crippen LogP contribution in [0.2, 0.25) is 0 Å². The van der Waals surface area contributed by atoms with Gasteiger partial charge in [0.25, 0.3) is 0 Å². The van der Waals surface area contributed by atoms with E-state index >= 15 is 0 Å². The van der Waals surface area contributed by atoms with Crippen molar-refractivity contribution in [2.24, 2.45) is 5.14 Å². The van der Waals surface area contributed by atoms with Gasteiger partial charge in [-0.05, 0) is 18.4 Å². The van der Waals surface area contributed by atoms with Crippen LogP contribution >= 0.6 is 0 Å². The largest absolute Gasteiger partial charge is 0.456 e. The minimum Gasteiger partial charge on any atom is -0.456 e. The Bertz CT molecular complexity index is 460. The van der Waals surface area contributed by atoms with Crippen LogP contribution in [0.5, 0.6) is 0 Å². The first kappa shape index (κ1) is 13.7. The van der Waals surface area contributed by atoms with E-state index in [-0.39, 0.29) is 0 Å². The normalized spacial score (nSPS) is 25.1. The van der Waals surface area contributed by atoms with Crippen molar-refractivity contribution < 1.29 is 22.3 Å². The number of nitrogens with two attached hydrogens (primary N) is 1. The second kappa shape index (κ2) is 4.84. The van der Waals surface area contributed by atoms with E-state index in [1.807, 2.05) is 0 Å². The minimum absolute atomic E-state index is 0.791. The Balaban J connectivity index is 3.19. The molecule has 1 heterocycles. The molecule has 0 fully saturated rings. The summed E-state index contributed by atoms with van der Waals surface area (Å²) in [5.74, 6) is -0.791. The summed E-state index contributed by atoms with van der Waals surface area (Å²) in [6, 6.07) is 0. The average molecular weight is 264 g/mol. The van der Waals surface area contributed by atoms with Crippen LogP contribution in [0.4, 0.5) is 4.39 Å². The molecule has 1 aliphatic heterocycles. The molecule has 6 nitrogen and oxygen atoms in total. The van der Waals surface area contributed by atoms with Crippen molar-refractivity contribution in [3.63, 3.8) is 0 Å². The number of ether oxygens (including phenoxy) is 1. The van der Waals surface area contributed by atoms with E-state index < -0.39 is 33.6 Å².